The monoisotopic (exact) mass is 426 g/mol. The molecular formula is C23H30N4O2S. The molecule has 0 radical (unpaired) electrons. The van der Waals surface area contributed by atoms with Crippen LogP contribution in [0.15, 0.2) is 18.2 Å². The normalized spacial score (nSPS) is 17.4. The lowest BCUT2D eigenvalue weighted by molar-refractivity contribution is -0.117. The molecule has 2 aromatic rings. The van der Waals surface area contributed by atoms with E-state index in [0.29, 0.717) is 36.1 Å². The molecule has 30 heavy (non-hydrogen) atoms. The number of thiazole rings is 1. The number of amides is 2. The van der Waals surface area contributed by atoms with Gasteiger partial charge in [-0.1, -0.05) is 37.3 Å². The number of benzene rings is 1. The van der Waals surface area contributed by atoms with Crippen LogP contribution < -0.4 is 9.80 Å². The van der Waals surface area contributed by atoms with Crippen LogP contribution in [0, 0.1) is 13.8 Å². The fourth-order valence-corrected chi connectivity index (χ4v) is 5.43. The molecule has 1 aromatic heterocycles. The number of aromatic nitrogens is 1. The summed E-state index contributed by atoms with van der Waals surface area (Å²) in [5.41, 5.74) is 4.68. The van der Waals surface area contributed by atoms with Gasteiger partial charge < -0.3 is 9.80 Å². The van der Waals surface area contributed by atoms with Crippen LogP contribution in [0.3, 0.4) is 0 Å². The molecule has 4 rings (SSSR count). The zero-order valence-corrected chi connectivity index (χ0v) is 19.1. The molecule has 6 nitrogen and oxygen atoms in total. The van der Waals surface area contributed by atoms with Crippen molar-refractivity contribution in [3.8, 4) is 0 Å². The Morgan fingerprint density at radius 2 is 1.83 bits per heavy atom. The van der Waals surface area contributed by atoms with E-state index in [9.17, 15) is 9.59 Å². The molecule has 0 spiro atoms. The Morgan fingerprint density at radius 1 is 1.10 bits per heavy atom. The number of hydrogen-bond donors (Lipinski definition) is 0. The lowest BCUT2D eigenvalue weighted by atomic mass is 10.1. The van der Waals surface area contributed by atoms with Gasteiger partial charge in [-0.15, -0.1) is 0 Å². The maximum Gasteiger partial charge on any atom is 0.266 e. The van der Waals surface area contributed by atoms with Gasteiger partial charge in [0.15, 0.2) is 5.13 Å². The highest BCUT2D eigenvalue weighted by Gasteiger charge is 2.31. The van der Waals surface area contributed by atoms with Gasteiger partial charge in [0.1, 0.15) is 4.88 Å². The second-order valence-electron chi connectivity index (χ2n) is 8.51. The molecule has 2 aliphatic rings. The average molecular weight is 427 g/mol. The number of aryl methyl sites for hydroxylation is 1. The predicted octanol–water partition coefficient (Wildman–Crippen LogP) is 3.97. The zero-order chi connectivity index (χ0) is 21.4. The Labute approximate surface area is 182 Å². The van der Waals surface area contributed by atoms with Gasteiger partial charge in [0.25, 0.3) is 5.91 Å². The number of piperazine rings is 1. The van der Waals surface area contributed by atoms with Gasteiger partial charge in [-0.2, -0.15) is 0 Å². The molecule has 1 aromatic carbocycles. The molecule has 2 aliphatic heterocycles. The van der Waals surface area contributed by atoms with E-state index < -0.39 is 0 Å². The van der Waals surface area contributed by atoms with Gasteiger partial charge in [-0.05, 0) is 43.4 Å². The molecule has 3 heterocycles. The predicted molar refractivity (Wildman–Crippen MR) is 122 cm³/mol. The molecule has 0 bridgehead atoms. The van der Waals surface area contributed by atoms with E-state index in [4.69, 9.17) is 4.98 Å². The summed E-state index contributed by atoms with van der Waals surface area (Å²) in [5, 5.41) is 0.679. The van der Waals surface area contributed by atoms with E-state index >= 15 is 0 Å². The molecule has 0 unspecified atom stereocenters. The van der Waals surface area contributed by atoms with E-state index in [1.807, 2.05) is 4.90 Å². The van der Waals surface area contributed by atoms with Gasteiger partial charge in [0, 0.05) is 44.8 Å². The minimum absolute atomic E-state index is 0.0507. The molecule has 2 fully saturated rings. The number of anilines is 2. The summed E-state index contributed by atoms with van der Waals surface area (Å²) in [6.07, 6.45) is 1.43. The van der Waals surface area contributed by atoms with Crippen LogP contribution in [0.5, 0.6) is 0 Å². The van der Waals surface area contributed by atoms with Crippen molar-refractivity contribution in [3.05, 3.63) is 39.9 Å². The van der Waals surface area contributed by atoms with Crippen molar-refractivity contribution < 1.29 is 9.59 Å². The van der Waals surface area contributed by atoms with Crippen LogP contribution in [0.4, 0.5) is 10.8 Å². The van der Waals surface area contributed by atoms with Crippen molar-refractivity contribution in [3.63, 3.8) is 0 Å². The zero-order valence-electron chi connectivity index (χ0n) is 18.3. The molecule has 7 heteroatoms. The number of carbonyl (C=O) groups excluding carboxylic acids is 2. The fourth-order valence-electron chi connectivity index (χ4n) is 4.20. The van der Waals surface area contributed by atoms with Gasteiger partial charge in [-0.3, -0.25) is 14.5 Å². The standard InChI is InChI=1S/C23H30N4O2S/c1-15(2)20-21(30-23(24-20)27-10-6-9-19(27)28)22(29)26-13-11-25(12-14-26)18-8-5-7-16(3)17(18)4/h5,7-8,15H,6,9-14H2,1-4H3. The third-order valence-electron chi connectivity index (χ3n) is 6.17. The molecule has 0 aliphatic carbocycles. The van der Waals surface area contributed by atoms with Gasteiger partial charge in [0.2, 0.25) is 5.91 Å². The lowest BCUT2D eigenvalue weighted by Crippen LogP contribution is -2.49. The first-order chi connectivity index (χ1) is 14.4. The Bertz CT molecular complexity index is 960. The molecule has 0 saturated carbocycles. The first-order valence-electron chi connectivity index (χ1n) is 10.8. The largest absolute Gasteiger partial charge is 0.368 e. The molecule has 0 N–H and O–H groups in total. The first-order valence-corrected chi connectivity index (χ1v) is 11.6. The van der Waals surface area contributed by atoms with Crippen LogP contribution in [-0.2, 0) is 4.79 Å². The van der Waals surface area contributed by atoms with Crippen LogP contribution >= 0.6 is 11.3 Å². The minimum atomic E-state index is 0.0507. The van der Waals surface area contributed by atoms with Crippen LogP contribution in [0.1, 0.15) is 59.1 Å². The maximum atomic E-state index is 13.4. The van der Waals surface area contributed by atoms with Gasteiger partial charge in [0.05, 0.1) is 5.69 Å². The van der Waals surface area contributed by atoms with Crippen LogP contribution in [0.2, 0.25) is 0 Å². The van der Waals surface area contributed by atoms with Crippen molar-refractivity contribution in [1.29, 1.82) is 0 Å². The smallest absolute Gasteiger partial charge is 0.266 e. The van der Waals surface area contributed by atoms with Crippen LogP contribution in [-0.4, -0.2) is 54.4 Å². The lowest BCUT2D eigenvalue weighted by Gasteiger charge is -2.37. The van der Waals surface area contributed by atoms with Gasteiger partial charge in [-0.25, -0.2) is 4.98 Å². The van der Waals surface area contributed by atoms with E-state index in [-0.39, 0.29) is 17.7 Å². The highest BCUT2D eigenvalue weighted by atomic mass is 32.1. The van der Waals surface area contributed by atoms with Gasteiger partial charge >= 0.3 is 0 Å². The number of carbonyl (C=O) groups is 2. The summed E-state index contributed by atoms with van der Waals surface area (Å²) in [5.74, 6) is 0.304. The Kier molecular flexibility index (Phi) is 5.82. The molecule has 2 saturated heterocycles. The number of nitrogens with zero attached hydrogens (tertiary/aromatic N) is 4. The molecule has 2 amide bonds. The SMILES string of the molecule is Cc1cccc(N2CCN(C(=O)c3sc(N4CCCC4=O)nc3C(C)C)CC2)c1C. The molecule has 160 valence electrons. The topological polar surface area (TPSA) is 56.8 Å². The Hall–Kier alpha value is -2.41. The first kappa shape index (κ1) is 20.8. The second-order valence-corrected chi connectivity index (χ2v) is 9.49. The summed E-state index contributed by atoms with van der Waals surface area (Å²) in [6, 6.07) is 6.40. The third-order valence-corrected chi connectivity index (χ3v) is 7.25. The summed E-state index contributed by atoms with van der Waals surface area (Å²) in [4.78, 5) is 37.0. The third kappa shape index (κ3) is 3.83. The van der Waals surface area contributed by atoms with Crippen molar-refractivity contribution in [2.75, 3.05) is 42.5 Å². The Morgan fingerprint density at radius 3 is 2.47 bits per heavy atom. The van der Waals surface area contributed by atoms with Crippen molar-refractivity contribution in [2.24, 2.45) is 0 Å². The van der Waals surface area contributed by atoms with E-state index in [0.717, 1.165) is 25.2 Å². The highest BCUT2D eigenvalue weighted by molar-refractivity contribution is 7.17. The van der Waals surface area contributed by atoms with Crippen LogP contribution in [0.25, 0.3) is 0 Å². The molecular weight excluding hydrogens is 396 g/mol. The van der Waals surface area contributed by atoms with E-state index in [1.165, 1.54) is 28.2 Å². The summed E-state index contributed by atoms with van der Waals surface area (Å²) in [6.45, 7) is 12.1. The fraction of sp³-hybridized carbons (Fsp3) is 0.522. The summed E-state index contributed by atoms with van der Waals surface area (Å²) >= 11 is 1.38. The highest BCUT2D eigenvalue weighted by Crippen LogP contribution is 2.34. The maximum absolute atomic E-state index is 13.4. The van der Waals surface area contributed by atoms with E-state index in [1.54, 1.807) is 4.90 Å². The van der Waals surface area contributed by atoms with E-state index in [2.05, 4.69) is 50.8 Å². The van der Waals surface area contributed by atoms with Crippen molar-refractivity contribution in [2.45, 2.75) is 46.5 Å². The minimum Gasteiger partial charge on any atom is -0.368 e. The Balaban J connectivity index is 1.51. The van der Waals surface area contributed by atoms with Crippen molar-refractivity contribution in [1.82, 2.24) is 9.88 Å². The summed E-state index contributed by atoms with van der Waals surface area (Å²) in [7, 11) is 0. The summed E-state index contributed by atoms with van der Waals surface area (Å²) < 4.78 is 0. The number of hydrogen-bond acceptors (Lipinski definition) is 5. The quantitative estimate of drug-likeness (QED) is 0.742. The average Bonchev–Trinajstić information content (AvgIpc) is 3.36. The van der Waals surface area contributed by atoms with Crippen molar-refractivity contribution >= 4 is 34.0 Å². The second kappa shape index (κ2) is 8.38. The number of rotatable bonds is 4. The molecule has 0 atom stereocenters.